The molecule has 1 aliphatic heterocycles. The van der Waals surface area contributed by atoms with E-state index < -0.39 is 5.97 Å². The molecule has 154 valence electrons. The number of amides is 1. The van der Waals surface area contributed by atoms with E-state index in [-0.39, 0.29) is 29.1 Å². The number of ether oxygens (including phenoxy) is 4. The van der Waals surface area contributed by atoms with Gasteiger partial charge in [-0.2, -0.15) is 0 Å². The van der Waals surface area contributed by atoms with Crippen molar-refractivity contribution in [3.05, 3.63) is 41.9 Å². The zero-order valence-corrected chi connectivity index (χ0v) is 16.6. The summed E-state index contributed by atoms with van der Waals surface area (Å²) in [5.74, 6) is 0.253. The second-order valence-corrected chi connectivity index (χ2v) is 6.56. The van der Waals surface area contributed by atoms with Crippen molar-refractivity contribution in [1.29, 1.82) is 0 Å². The Hall–Kier alpha value is -3.20. The van der Waals surface area contributed by atoms with Crippen LogP contribution in [0.2, 0.25) is 0 Å². The minimum atomic E-state index is -0.527. The molecule has 1 aliphatic rings. The van der Waals surface area contributed by atoms with Gasteiger partial charge in [0, 0.05) is 26.3 Å². The van der Waals surface area contributed by atoms with Crippen LogP contribution in [0, 0.1) is 0 Å². The predicted molar refractivity (Wildman–Crippen MR) is 102 cm³/mol. The number of rotatable bonds is 8. The molecule has 0 bridgehead atoms. The number of carbonyl (C=O) groups is 2. The second kappa shape index (κ2) is 9.33. The van der Waals surface area contributed by atoms with Crippen LogP contribution in [0.1, 0.15) is 34.2 Å². The van der Waals surface area contributed by atoms with Crippen molar-refractivity contribution >= 4 is 11.9 Å². The molecule has 0 aliphatic carbocycles. The summed E-state index contributed by atoms with van der Waals surface area (Å²) < 4.78 is 21.3. The number of nitrogens with zero attached hydrogens (tertiary/aromatic N) is 3. The van der Waals surface area contributed by atoms with Gasteiger partial charge in [0.05, 0.1) is 31.7 Å². The third kappa shape index (κ3) is 5.20. The SMILES string of the molecule is COC[C@@H](C)Oc1cc(Oc2cnc(C(=O)N3CCC3)cn2)cc(C(=O)OC)c1. The minimum Gasteiger partial charge on any atom is -0.488 e. The van der Waals surface area contributed by atoms with Crippen LogP contribution >= 0.6 is 0 Å². The molecule has 1 amide bonds. The molecule has 0 unspecified atom stereocenters. The highest BCUT2D eigenvalue weighted by molar-refractivity contribution is 5.92. The minimum absolute atomic E-state index is 0.147. The Kier molecular flexibility index (Phi) is 6.61. The van der Waals surface area contributed by atoms with Crippen LogP contribution in [0.15, 0.2) is 30.6 Å². The summed E-state index contributed by atoms with van der Waals surface area (Å²) in [7, 11) is 2.87. The van der Waals surface area contributed by atoms with Crippen molar-refractivity contribution in [3.8, 4) is 17.4 Å². The summed E-state index contributed by atoms with van der Waals surface area (Å²) in [5.41, 5.74) is 0.528. The Morgan fingerprint density at radius 3 is 2.45 bits per heavy atom. The van der Waals surface area contributed by atoms with Crippen LogP contribution in [-0.4, -0.2) is 66.8 Å². The van der Waals surface area contributed by atoms with Crippen LogP contribution in [0.3, 0.4) is 0 Å². The quantitative estimate of drug-likeness (QED) is 0.621. The number of likely N-dealkylation sites (tertiary alicyclic amines) is 1. The Morgan fingerprint density at radius 2 is 1.86 bits per heavy atom. The summed E-state index contributed by atoms with van der Waals surface area (Å²) in [6.07, 6.45) is 3.52. The molecule has 1 fully saturated rings. The fourth-order valence-electron chi connectivity index (χ4n) is 2.72. The Morgan fingerprint density at radius 1 is 1.10 bits per heavy atom. The van der Waals surface area contributed by atoms with Crippen molar-refractivity contribution in [1.82, 2.24) is 14.9 Å². The third-order valence-corrected chi connectivity index (χ3v) is 4.25. The van der Waals surface area contributed by atoms with Gasteiger partial charge >= 0.3 is 5.97 Å². The van der Waals surface area contributed by atoms with Crippen LogP contribution in [0.5, 0.6) is 17.4 Å². The molecule has 2 heterocycles. The third-order valence-electron chi connectivity index (χ3n) is 4.25. The van der Waals surface area contributed by atoms with Crippen LogP contribution in [0.25, 0.3) is 0 Å². The maximum Gasteiger partial charge on any atom is 0.338 e. The van der Waals surface area contributed by atoms with Crippen molar-refractivity contribution < 1.29 is 28.5 Å². The Balaban J connectivity index is 1.77. The molecular weight excluding hydrogens is 378 g/mol. The van der Waals surface area contributed by atoms with E-state index in [0.29, 0.717) is 18.1 Å². The predicted octanol–water partition coefficient (Wildman–Crippen LogP) is 2.32. The topological polar surface area (TPSA) is 100 Å². The van der Waals surface area contributed by atoms with Crippen molar-refractivity contribution in [2.45, 2.75) is 19.4 Å². The van der Waals surface area contributed by atoms with E-state index in [4.69, 9.17) is 18.9 Å². The van der Waals surface area contributed by atoms with Gasteiger partial charge in [0.1, 0.15) is 23.3 Å². The zero-order valence-electron chi connectivity index (χ0n) is 16.6. The molecule has 0 radical (unpaired) electrons. The fraction of sp³-hybridized carbons (Fsp3) is 0.400. The summed E-state index contributed by atoms with van der Waals surface area (Å²) in [5, 5.41) is 0. The lowest BCUT2D eigenvalue weighted by Gasteiger charge is -2.30. The number of hydrogen-bond acceptors (Lipinski definition) is 8. The number of hydrogen-bond donors (Lipinski definition) is 0. The van der Waals surface area contributed by atoms with Gasteiger partial charge in [-0.15, -0.1) is 0 Å². The molecule has 3 rings (SSSR count). The van der Waals surface area contributed by atoms with E-state index in [1.807, 2.05) is 6.92 Å². The largest absolute Gasteiger partial charge is 0.488 e. The van der Waals surface area contributed by atoms with Gasteiger partial charge in [-0.1, -0.05) is 0 Å². The van der Waals surface area contributed by atoms with Crippen molar-refractivity contribution in [2.75, 3.05) is 33.9 Å². The van der Waals surface area contributed by atoms with E-state index >= 15 is 0 Å². The van der Waals surface area contributed by atoms with E-state index in [9.17, 15) is 9.59 Å². The first-order valence-electron chi connectivity index (χ1n) is 9.18. The van der Waals surface area contributed by atoms with Gasteiger partial charge in [0.25, 0.3) is 5.91 Å². The van der Waals surface area contributed by atoms with Gasteiger partial charge in [0.2, 0.25) is 5.88 Å². The maximum atomic E-state index is 12.2. The maximum absolute atomic E-state index is 12.2. The van der Waals surface area contributed by atoms with Gasteiger partial charge in [-0.05, 0) is 25.5 Å². The van der Waals surface area contributed by atoms with Crippen LogP contribution in [-0.2, 0) is 9.47 Å². The smallest absolute Gasteiger partial charge is 0.338 e. The first-order valence-corrected chi connectivity index (χ1v) is 9.18. The summed E-state index contributed by atoms with van der Waals surface area (Å²) in [6, 6.07) is 4.70. The monoisotopic (exact) mass is 401 g/mol. The molecule has 1 aromatic heterocycles. The molecule has 2 aromatic rings. The Bertz CT molecular complexity index is 867. The number of esters is 1. The van der Waals surface area contributed by atoms with Gasteiger partial charge in [0.15, 0.2) is 0 Å². The molecule has 1 aromatic carbocycles. The van der Waals surface area contributed by atoms with E-state index in [2.05, 4.69) is 9.97 Å². The lowest BCUT2D eigenvalue weighted by Crippen LogP contribution is -2.42. The van der Waals surface area contributed by atoms with Gasteiger partial charge in [-0.25, -0.2) is 14.8 Å². The summed E-state index contributed by atoms with van der Waals surface area (Å²) in [4.78, 5) is 34.1. The first kappa shape index (κ1) is 20.5. The second-order valence-electron chi connectivity index (χ2n) is 6.56. The van der Waals surface area contributed by atoms with Crippen LogP contribution in [0.4, 0.5) is 0 Å². The number of benzene rings is 1. The average molecular weight is 401 g/mol. The molecule has 0 spiro atoms. The van der Waals surface area contributed by atoms with Crippen molar-refractivity contribution in [3.63, 3.8) is 0 Å². The van der Waals surface area contributed by atoms with E-state index in [0.717, 1.165) is 19.5 Å². The zero-order chi connectivity index (χ0) is 20.8. The number of carbonyl (C=O) groups excluding carboxylic acids is 2. The van der Waals surface area contributed by atoms with Gasteiger partial charge in [-0.3, -0.25) is 4.79 Å². The molecule has 1 atom stereocenters. The standard InChI is InChI=1S/C20H23N3O6/c1-13(12-26-2)28-15-7-14(20(25)27-3)8-16(9-15)29-18-11-21-17(10-22-18)19(24)23-5-4-6-23/h7-11,13H,4-6,12H2,1-3H3/t13-/m1/s1. The van der Waals surface area contributed by atoms with E-state index in [1.54, 1.807) is 24.1 Å². The molecule has 0 saturated carbocycles. The number of methoxy groups -OCH3 is 2. The normalized spacial score (nSPS) is 14.0. The number of aromatic nitrogens is 2. The lowest BCUT2D eigenvalue weighted by atomic mass is 10.2. The average Bonchev–Trinajstić information content (AvgIpc) is 2.66. The highest BCUT2D eigenvalue weighted by atomic mass is 16.5. The summed E-state index contributed by atoms with van der Waals surface area (Å²) in [6.45, 7) is 3.71. The molecular formula is C20H23N3O6. The molecule has 1 saturated heterocycles. The van der Waals surface area contributed by atoms with Crippen molar-refractivity contribution in [2.24, 2.45) is 0 Å². The first-order chi connectivity index (χ1) is 14.0. The lowest BCUT2D eigenvalue weighted by molar-refractivity contribution is 0.0597. The summed E-state index contributed by atoms with van der Waals surface area (Å²) >= 11 is 0. The van der Waals surface area contributed by atoms with E-state index in [1.165, 1.54) is 25.6 Å². The fourth-order valence-corrected chi connectivity index (χ4v) is 2.72. The highest BCUT2D eigenvalue weighted by Gasteiger charge is 2.23. The molecule has 9 nitrogen and oxygen atoms in total. The molecule has 0 N–H and O–H groups in total. The highest BCUT2D eigenvalue weighted by Crippen LogP contribution is 2.27. The molecule has 29 heavy (non-hydrogen) atoms. The Labute approximate surface area is 168 Å². The van der Waals surface area contributed by atoms with Gasteiger partial charge < -0.3 is 23.8 Å². The molecule has 9 heteroatoms. The van der Waals surface area contributed by atoms with Crippen LogP contribution < -0.4 is 9.47 Å².